The molecule has 0 bridgehead atoms. The van der Waals surface area contributed by atoms with Crippen molar-refractivity contribution >= 4 is 39.3 Å². The Kier molecular flexibility index (Phi) is 5.76. The van der Waals surface area contributed by atoms with Gasteiger partial charge in [0.2, 0.25) is 0 Å². The lowest BCUT2D eigenvalue weighted by molar-refractivity contribution is 0.717. The molecule has 1 aromatic rings. The van der Waals surface area contributed by atoms with E-state index >= 15 is 0 Å². The molecule has 1 saturated heterocycles. The summed E-state index contributed by atoms with van der Waals surface area (Å²) in [5, 5.41) is 4.05. The highest BCUT2D eigenvalue weighted by Gasteiger charge is 2.22. The Labute approximate surface area is 127 Å². The second-order valence-electron chi connectivity index (χ2n) is 4.63. The highest BCUT2D eigenvalue weighted by molar-refractivity contribution is 9.10. The van der Waals surface area contributed by atoms with Crippen molar-refractivity contribution in [1.82, 2.24) is 9.97 Å². The number of rotatable bonds is 5. The van der Waals surface area contributed by atoms with Crippen LogP contribution in [0, 0.1) is 0 Å². The van der Waals surface area contributed by atoms with Crippen LogP contribution < -0.4 is 10.2 Å². The first kappa shape index (κ1) is 14.9. The van der Waals surface area contributed by atoms with Crippen molar-refractivity contribution < 1.29 is 0 Å². The summed E-state index contributed by atoms with van der Waals surface area (Å²) in [4.78, 5) is 11.1. The van der Waals surface area contributed by atoms with E-state index in [1.165, 1.54) is 12.2 Å². The fraction of sp³-hybridized carbons (Fsp3) is 0.692. The van der Waals surface area contributed by atoms with E-state index in [-0.39, 0.29) is 0 Å². The smallest absolute Gasteiger partial charge is 0.148 e. The largest absolute Gasteiger partial charge is 0.369 e. The van der Waals surface area contributed by atoms with Gasteiger partial charge >= 0.3 is 0 Å². The van der Waals surface area contributed by atoms with Crippen molar-refractivity contribution in [2.45, 2.75) is 31.9 Å². The minimum atomic E-state index is 0.711. The van der Waals surface area contributed by atoms with Gasteiger partial charge in [0.25, 0.3) is 0 Å². The molecule has 0 saturated carbocycles. The zero-order chi connectivity index (χ0) is 13.7. The fourth-order valence-electron chi connectivity index (χ4n) is 2.11. The standard InChI is InChI=1S/C13H21BrN4S/c1-3-5-15-12-11(14)13(17-9-16-12)18-6-7-19-10(4-2)8-18/h9-10H,3-8H2,1-2H3,(H,15,16,17). The van der Waals surface area contributed by atoms with E-state index in [1.54, 1.807) is 6.33 Å². The summed E-state index contributed by atoms with van der Waals surface area (Å²) in [7, 11) is 0. The van der Waals surface area contributed by atoms with Crippen molar-refractivity contribution in [3.05, 3.63) is 10.8 Å². The summed E-state index contributed by atoms with van der Waals surface area (Å²) in [6, 6.07) is 0. The molecule has 1 aliphatic heterocycles. The lowest BCUT2D eigenvalue weighted by atomic mass is 10.3. The van der Waals surface area contributed by atoms with Crippen LogP contribution >= 0.6 is 27.7 Å². The normalized spacial score (nSPS) is 19.5. The van der Waals surface area contributed by atoms with E-state index in [2.05, 4.69) is 61.7 Å². The average Bonchev–Trinajstić information content (AvgIpc) is 2.46. The second kappa shape index (κ2) is 7.33. The first-order valence-electron chi connectivity index (χ1n) is 6.87. The quantitative estimate of drug-likeness (QED) is 0.886. The van der Waals surface area contributed by atoms with Crippen LogP contribution in [0.2, 0.25) is 0 Å². The van der Waals surface area contributed by atoms with E-state index in [1.807, 2.05) is 0 Å². The van der Waals surface area contributed by atoms with Crippen LogP contribution in [0.1, 0.15) is 26.7 Å². The number of hydrogen-bond acceptors (Lipinski definition) is 5. The Morgan fingerprint density at radius 1 is 1.47 bits per heavy atom. The molecule has 2 rings (SSSR count). The van der Waals surface area contributed by atoms with Gasteiger partial charge in [0.15, 0.2) is 0 Å². The molecule has 19 heavy (non-hydrogen) atoms. The van der Waals surface area contributed by atoms with E-state index in [4.69, 9.17) is 0 Å². The Bertz CT molecular complexity index is 416. The number of aromatic nitrogens is 2. The minimum absolute atomic E-state index is 0.711. The lowest BCUT2D eigenvalue weighted by Gasteiger charge is -2.33. The topological polar surface area (TPSA) is 41.1 Å². The number of anilines is 2. The minimum Gasteiger partial charge on any atom is -0.369 e. The molecule has 1 fully saturated rings. The molecule has 1 N–H and O–H groups in total. The molecule has 0 radical (unpaired) electrons. The van der Waals surface area contributed by atoms with E-state index in [9.17, 15) is 0 Å². The molecule has 1 aliphatic rings. The number of thioether (sulfide) groups is 1. The third kappa shape index (κ3) is 3.75. The number of hydrogen-bond donors (Lipinski definition) is 1. The van der Waals surface area contributed by atoms with Crippen LogP contribution in [0.4, 0.5) is 11.6 Å². The molecule has 1 unspecified atom stereocenters. The molecule has 0 aliphatic carbocycles. The number of nitrogens with zero attached hydrogens (tertiary/aromatic N) is 3. The Morgan fingerprint density at radius 3 is 3.05 bits per heavy atom. The summed E-state index contributed by atoms with van der Waals surface area (Å²) >= 11 is 5.72. The Morgan fingerprint density at radius 2 is 2.32 bits per heavy atom. The maximum atomic E-state index is 4.46. The van der Waals surface area contributed by atoms with Crippen LogP contribution in [-0.2, 0) is 0 Å². The average molecular weight is 345 g/mol. The van der Waals surface area contributed by atoms with Crippen LogP contribution in [0.15, 0.2) is 10.8 Å². The van der Waals surface area contributed by atoms with Crippen molar-refractivity contribution in [3.8, 4) is 0 Å². The van der Waals surface area contributed by atoms with Gasteiger partial charge in [0.1, 0.15) is 22.4 Å². The van der Waals surface area contributed by atoms with E-state index in [0.29, 0.717) is 5.25 Å². The Hall–Kier alpha value is -0.490. The van der Waals surface area contributed by atoms with Gasteiger partial charge < -0.3 is 10.2 Å². The van der Waals surface area contributed by atoms with Crippen LogP contribution in [0.3, 0.4) is 0 Å². The third-order valence-corrected chi connectivity index (χ3v) is 5.31. The zero-order valence-electron chi connectivity index (χ0n) is 11.5. The fourth-order valence-corrected chi connectivity index (χ4v) is 3.88. The highest BCUT2D eigenvalue weighted by Crippen LogP contribution is 2.32. The molecule has 2 heterocycles. The number of halogens is 1. The molecule has 0 aromatic carbocycles. The molecule has 4 nitrogen and oxygen atoms in total. The van der Waals surface area contributed by atoms with Crippen LogP contribution in [0.25, 0.3) is 0 Å². The zero-order valence-corrected chi connectivity index (χ0v) is 13.9. The van der Waals surface area contributed by atoms with Gasteiger partial charge in [0.05, 0.1) is 0 Å². The summed E-state index contributed by atoms with van der Waals surface area (Å²) in [5.74, 6) is 3.10. The third-order valence-electron chi connectivity index (χ3n) is 3.21. The van der Waals surface area contributed by atoms with Gasteiger partial charge in [-0.15, -0.1) is 0 Å². The van der Waals surface area contributed by atoms with Crippen molar-refractivity contribution in [2.24, 2.45) is 0 Å². The first-order chi connectivity index (χ1) is 9.26. The summed E-state index contributed by atoms with van der Waals surface area (Å²) in [5.41, 5.74) is 0. The van der Waals surface area contributed by atoms with Crippen molar-refractivity contribution in [1.29, 1.82) is 0 Å². The highest BCUT2D eigenvalue weighted by atomic mass is 79.9. The predicted molar refractivity (Wildman–Crippen MR) is 87.3 cm³/mol. The predicted octanol–water partition coefficient (Wildman–Crippen LogP) is 3.39. The molecular formula is C13H21BrN4S. The second-order valence-corrected chi connectivity index (χ2v) is 6.83. The summed E-state index contributed by atoms with van der Waals surface area (Å²) in [6.45, 7) is 7.47. The van der Waals surface area contributed by atoms with E-state index < -0.39 is 0 Å². The van der Waals surface area contributed by atoms with Crippen molar-refractivity contribution in [2.75, 3.05) is 35.6 Å². The lowest BCUT2D eigenvalue weighted by Crippen LogP contribution is -2.38. The van der Waals surface area contributed by atoms with Gasteiger partial charge in [-0.05, 0) is 28.8 Å². The summed E-state index contributed by atoms with van der Waals surface area (Å²) < 4.78 is 0.991. The first-order valence-corrected chi connectivity index (χ1v) is 8.71. The van der Waals surface area contributed by atoms with Crippen LogP contribution in [0.5, 0.6) is 0 Å². The molecule has 1 aromatic heterocycles. The molecule has 106 valence electrons. The summed E-state index contributed by atoms with van der Waals surface area (Å²) in [6.07, 6.45) is 3.95. The monoisotopic (exact) mass is 344 g/mol. The number of nitrogens with one attached hydrogen (secondary N) is 1. The van der Waals surface area contributed by atoms with E-state index in [0.717, 1.165) is 42.2 Å². The van der Waals surface area contributed by atoms with Crippen LogP contribution in [-0.4, -0.2) is 40.6 Å². The van der Waals surface area contributed by atoms with Gasteiger partial charge in [-0.1, -0.05) is 13.8 Å². The maximum absolute atomic E-state index is 4.46. The Balaban J connectivity index is 2.14. The van der Waals surface area contributed by atoms with Crippen molar-refractivity contribution in [3.63, 3.8) is 0 Å². The van der Waals surface area contributed by atoms with Gasteiger partial charge in [-0.25, -0.2) is 9.97 Å². The van der Waals surface area contributed by atoms with Gasteiger partial charge in [-0.3, -0.25) is 0 Å². The molecule has 0 spiro atoms. The maximum Gasteiger partial charge on any atom is 0.148 e. The molecule has 0 amide bonds. The van der Waals surface area contributed by atoms with Gasteiger partial charge in [-0.2, -0.15) is 11.8 Å². The van der Waals surface area contributed by atoms with Gasteiger partial charge in [0, 0.05) is 30.6 Å². The molecular weight excluding hydrogens is 324 g/mol. The SMILES string of the molecule is CCCNc1ncnc(N2CCSC(CC)C2)c1Br. The molecule has 6 heteroatoms. The molecule has 1 atom stereocenters.